The summed E-state index contributed by atoms with van der Waals surface area (Å²) in [6, 6.07) is 6.66. The molecule has 0 heterocycles. The third-order valence-electron chi connectivity index (χ3n) is 3.07. The Bertz CT molecular complexity index is 607. The van der Waals surface area contributed by atoms with Gasteiger partial charge in [0.15, 0.2) is 0 Å². The second-order valence-corrected chi connectivity index (χ2v) is 6.38. The van der Waals surface area contributed by atoms with Gasteiger partial charge < -0.3 is 14.8 Å². The Balaban J connectivity index is 3.15. The molecule has 0 radical (unpaired) electrons. The van der Waals surface area contributed by atoms with Crippen LogP contribution >= 0.6 is 0 Å². The third-order valence-corrected chi connectivity index (χ3v) is 3.71. The van der Waals surface area contributed by atoms with Crippen molar-refractivity contribution < 1.29 is 26.9 Å². The summed E-state index contributed by atoms with van der Waals surface area (Å²) in [5, 5.41) is 2.64. The summed E-state index contributed by atoms with van der Waals surface area (Å²) in [7, 11) is -0.883. The van der Waals surface area contributed by atoms with Crippen molar-refractivity contribution in [3.05, 3.63) is 29.8 Å². The van der Waals surface area contributed by atoms with Crippen molar-refractivity contribution in [1.29, 1.82) is 0 Å². The van der Waals surface area contributed by atoms with Gasteiger partial charge >= 0.3 is 0 Å². The molecule has 0 bridgehead atoms. The van der Waals surface area contributed by atoms with Crippen molar-refractivity contribution in [3.8, 4) is 0 Å². The Morgan fingerprint density at radius 1 is 1.18 bits per heavy atom. The van der Waals surface area contributed by atoms with Crippen LogP contribution in [-0.2, 0) is 34.4 Å². The lowest BCUT2D eigenvalue weighted by Crippen LogP contribution is -2.44. The van der Waals surface area contributed by atoms with Crippen LogP contribution in [0.4, 0.5) is 5.69 Å². The maximum atomic E-state index is 11.3. The Kier molecular flexibility index (Phi) is 6.07. The predicted molar refractivity (Wildman–Crippen MR) is 81.8 cm³/mol. The smallest absolute Gasteiger partial charge is 0.264 e. The van der Waals surface area contributed by atoms with Crippen molar-refractivity contribution >= 4 is 21.7 Å². The molecule has 7 nitrogen and oxygen atoms in total. The molecule has 1 atom stereocenters. The lowest BCUT2D eigenvalue weighted by molar-refractivity contribution is -0.257. The Morgan fingerprint density at radius 2 is 1.68 bits per heavy atom. The van der Waals surface area contributed by atoms with Crippen LogP contribution in [0.15, 0.2) is 24.3 Å². The summed E-state index contributed by atoms with van der Waals surface area (Å²) >= 11 is 0. The standard InChI is InChI=1S/C14H21NO6S/c1-10(21-22(5,17)18)14(19-3,20-4)12-6-8-13(9-7-12)15-11(2)16/h6-10H,1-5H3,(H,15,16). The molecule has 0 aliphatic heterocycles. The summed E-state index contributed by atoms with van der Waals surface area (Å²) in [5.41, 5.74) is 1.16. The molecule has 22 heavy (non-hydrogen) atoms. The van der Waals surface area contributed by atoms with E-state index in [2.05, 4.69) is 5.32 Å². The van der Waals surface area contributed by atoms with Crippen molar-refractivity contribution in [2.24, 2.45) is 0 Å². The van der Waals surface area contributed by atoms with Crippen molar-refractivity contribution in [1.82, 2.24) is 0 Å². The van der Waals surface area contributed by atoms with Crippen molar-refractivity contribution in [2.75, 3.05) is 25.8 Å². The minimum atomic E-state index is -3.68. The number of hydrogen-bond acceptors (Lipinski definition) is 6. The lowest BCUT2D eigenvalue weighted by Gasteiger charge is -2.35. The normalized spacial score (nSPS) is 13.7. The van der Waals surface area contributed by atoms with Crippen LogP contribution in [0.1, 0.15) is 19.4 Å². The van der Waals surface area contributed by atoms with Crippen LogP contribution in [0.25, 0.3) is 0 Å². The number of rotatable bonds is 7. The zero-order valence-electron chi connectivity index (χ0n) is 13.2. The number of nitrogens with one attached hydrogen (secondary N) is 1. The van der Waals surface area contributed by atoms with E-state index in [1.165, 1.54) is 28.1 Å². The predicted octanol–water partition coefficient (Wildman–Crippen LogP) is 1.46. The monoisotopic (exact) mass is 331 g/mol. The number of methoxy groups -OCH3 is 2. The van der Waals surface area contributed by atoms with Gasteiger partial charge in [0.2, 0.25) is 11.7 Å². The van der Waals surface area contributed by atoms with E-state index in [4.69, 9.17) is 13.7 Å². The first-order valence-electron chi connectivity index (χ1n) is 6.51. The molecule has 124 valence electrons. The van der Waals surface area contributed by atoms with Gasteiger partial charge in [-0.2, -0.15) is 8.42 Å². The molecule has 0 aliphatic carbocycles. The average molecular weight is 331 g/mol. The highest BCUT2D eigenvalue weighted by atomic mass is 32.2. The SMILES string of the molecule is COC(OC)(c1ccc(NC(C)=O)cc1)C(C)OS(C)(=O)=O. The highest BCUT2D eigenvalue weighted by molar-refractivity contribution is 7.86. The maximum absolute atomic E-state index is 11.3. The van der Waals surface area contributed by atoms with Crippen LogP contribution in [-0.4, -0.2) is 40.9 Å². The molecule has 8 heteroatoms. The molecule has 1 aromatic carbocycles. The van der Waals surface area contributed by atoms with Crippen LogP contribution in [0.5, 0.6) is 0 Å². The van der Waals surface area contributed by atoms with E-state index in [1.54, 1.807) is 24.3 Å². The molecule has 1 rings (SSSR count). The summed E-state index contributed by atoms with van der Waals surface area (Å²) < 4.78 is 38.5. The molecular formula is C14H21NO6S. The first-order chi connectivity index (χ1) is 10.1. The van der Waals surface area contributed by atoms with Crippen LogP contribution in [0.3, 0.4) is 0 Å². The lowest BCUT2D eigenvalue weighted by atomic mass is 10.0. The number of carbonyl (C=O) groups excluding carboxylic acids is 1. The minimum absolute atomic E-state index is 0.189. The van der Waals surface area contributed by atoms with Crippen molar-refractivity contribution in [2.45, 2.75) is 25.7 Å². The van der Waals surface area contributed by atoms with E-state index in [0.29, 0.717) is 11.3 Å². The maximum Gasteiger partial charge on any atom is 0.264 e. The number of benzene rings is 1. The highest BCUT2D eigenvalue weighted by Crippen LogP contribution is 2.33. The largest absolute Gasteiger partial charge is 0.347 e. The zero-order chi connectivity index (χ0) is 17.0. The number of carbonyl (C=O) groups is 1. The fourth-order valence-corrected chi connectivity index (χ4v) is 2.85. The van der Waals surface area contributed by atoms with E-state index in [0.717, 1.165) is 6.26 Å². The van der Waals surface area contributed by atoms with E-state index in [1.807, 2.05) is 0 Å². The Morgan fingerprint density at radius 3 is 2.05 bits per heavy atom. The molecule has 1 N–H and O–H groups in total. The van der Waals surface area contributed by atoms with Gasteiger partial charge in [0.1, 0.15) is 6.10 Å². The van der Waals surface area contributed by atoms with Gasteiger partial charge in [0, 0.05) is 32.4 Å². The summed E-state index contributed by atoms with van der Waals surface area (Å²) in [6.07, 6.45) is 0.0449. The van der Waals surface area contributed by atoms with Crippen molar-refractivity contribution in [3.63, 3.8) is 0 Å². The van der Waals surface area contributed by atoms with E-state index in [-0.39, 0.29) is 5.91 Å². The van der Waals surface area contributed by atoms with E-state index >= 15 is 0 Å². The first-order valence-corrected chi connectivity index (χ1v) is 8.33. The topological polar surface area (TPSA) is 90.9 Å². The second-order valence-electron chi connectivity index (χ2n) is 4.78. The highest BCUT2D eigenvalue weighted by Gasteiger charge is 2.41. The number of anilines is 1. The Labute approximate surface area is 130 Å². The fraction of sp³-hybridized carbons (Fsp3) is 0.500. The molecule has 1 aromatic rings. The molecule has 0 aromatic heterocycles. The van der Waals surface area contributed by atoms with Crippen LogP contribution < -0.4 is 5.32 Å². The summed E-state index contributed by atoms with van der Waals surface area (Å²) in [5.74, 6) is -1.58. The molecular weight excluding hydrogens is 310 g/mol. The molecule has 1 amide bonds. The summed E-state index contributed by atoms with van der Waals surface area (Å²) in [4.78, 5) is 11.0. The molecule has 1 unspecified atom stereocenters. The van der Waals surface area contributed by atoms with Gasteiger partial charge in [0.25, 0.3) is 10.1 Å². The van der Waals surface area contributed by atoms with Gasteiger partial charge in [-0.15, -0.1) is 0 Å². The minimum Gasteiger partial charge on any atom is -0.347 e. The molecule has 0 saturated heterocycles. The first kappa shape index (κ1) is 18.6. The number of ether oxygens (including phenoxy) is 2. The Hall–Kier alpha value is -1.48. The van der Waals surface area contributed by atoms with Gasteiger partial charge in [0.05, 0.1) is 6.26 Å². The van der Waals surface area contributed by atoms with E-state index < -0.39 is 22.0 Å². The molecule has 0 saturated carbocycles. The van der Waals surface area contributed by atoms with Gasteiger partial charge in [-0.1, -0.05) is 12.1 Å². The van der Waals surface area contributed by atoms with Gasteiger partial charge in [-0.05, 0) is 19.1 Å². The average Bonchev–Trinajstić information content (AvgIpc) is 2.40. The second kappa shape index (κ2) is 7.19. The quantitative estimate of drug-likeness (QED) is 0.601. The zero-order valence-corrected chi connectivity index (χ0v) is 14.1. The third kappa shape index (κ3) is 4.51. The van der Waals surface area contributed by atoms with Crippen LogP contribution in [0, 0.1) is 0 Å². The van der Waals surface area contributed by atoms with E-state index in [9.17, 15) is 13.2 Å². The summed E-state index contributed by atoms with van der Waals surface area (Å²) in [6.45, 7) is 2.94. The molecule has 0 spiro atoms. The number of hydrogen-bond donors (Lipinski definition) is 1. The van der Waals surface area contributed by atoms with Gasteiger partial charge in [-0.3, -0.25) is 8.98 Å². The molecule has 0 aliphatic rings. The van der Waals surface area contributed by atoms with Gasteiger partial charge in [-0.25, -0.2) is 0 Å². The number of amides is 1. The fourth-order valence-electron chi connectivity index (χ4n) is 2.20. The van der Waals surface area contributed by atoms with Crippen LogP contribution in [0.2, 0.25) is 0 Å². The molecule has 0 fully saturated rings.